The predicted molar refractivity (Wildman–Crippen MR) is 65.4 cm³/mol. The van der Waals surface area contributed by atoms with Crippen LogP contribution in [0, 0.1) is 0 Å². The second-order valence-electron chi connectivity index (χ2n) is 4.08. The summed E-state index contributed by atoms with van der Waals surface area (Å²) in [6.07, 6.45) is 1.86. The molecule has 4 nitrogen and oxygen atoms in total. The Kier molecular flexibility index (Phi) is 3.52. The number of carbonyl (C=O) groups excluding carboxylic acids is 1. The van der Waals surface area contributed by atoms with Crippen LogP contribution in [0.25, 0.3) is 0 Å². The van der Waals surface area contributed by atoms with E-state index in [-0.39, 0.29) is 12.0 Å². The van der Waals surface area contributed by atoms with Crippen molar-refractivity contribution in [3.05, 3.63) is 24.3 Å². The fourth-order valence-electron chi connectivity index (χ4n) is 2.25. The van der Waals surface area contributed by atoms with Crippen molar-refractivity contribution in [2.24, 2.45) is 0 Å². The topological polar surface area (TPSA) is 38.8 Å². The molecule has 1 aromatic carbocycles. The highest BCUT2D eigenvalue weighted by molar-refractivity contribution is 5.80. The van der Waals surface area contributed by atoms with Gasteiger partial charge in [-0.2, -0.15) is 0 Å². The van der Waals surface area contributed by atoms with Gasteiger partial charge in [-0.25, -0.2) is 4.79 Å². The zero-order valence-electron chi connectivity index (χ0n) is 10.2. The van der Waals surface area contributed by atoms with Gasteiger partial charge in [0.1, 0.15) is 11.8 Å². The molecule has 1 aliphatic heterocycles. The summed E-state index contributed by atoms with van der Waals surface area (Å²) in [5, 5.41) is 0. The second kappa shape index (κ2) is 5.08. The Balaban J connectivity index is 2.22. The second-order valence-corrected chi connectivity index (χ2v) is 4.08. The Morgan fingerprint density at radius 1 is 1.41 bits per heavy atom. The van der Waals surface area contributed by atoms with Gasteiger partial charge in [-0.05, 0) is 25.0 Å². The third kappa shape index (κ3) is 2.35. The van der Waals surface area contributed by atoms with Crippen LogP contribution in [0.5, 0.6) is 5.75 Å². The largest absolute Gasteiger partial charge is 0.497 e. The molecule has 0 N–H and O–H groups in total. The van der Waals surface area contributed by atoms with Crippen LogP contribution in [-0.2, 0) is 9.53 Å². The molecule has 1 atom stereocenters. The van der Waals surface area contributed by atoms with Crippen molar-refractivity contribution in [3.8, 4) is 5.75 Å². The van der Waals surface area contributed by atoms with Gasteiger partial charge in [-0.1, -0.05) is 6.07 Å². The van der Waals surface area contributed by atoms with Gasteiger partial charge >= 0.3 is 5.97 Å². The number of carbonyl (C=O) groups is 1. The van der Waals surface area contributed by atoms with E-state index in [0.29, 0.717) is 0 Å². The molecule has 0 aliphatic carbocycles. The summed E-state index contributed by atoms with van der Waals surface area (Å²) in [6.45, 7) is 0.882. The fraction of sp³-hybridized carbons (Fsp3) is 0.462. The molecule has 92 valence electrons. The molecule has 2 rings (SSSR count). The SMILES string of the molecule is COC(=O)C1CCCN1c1cccc(OC)c1. The molecule has 1 unspecified atom stereocenters. The summed E-state index contributed by atoms with van der Waals surface area (Å²) in [6, 6.07) is 7.60. The van der Waals surface area contributed by atoms with Gasteiger partial charge in [0.2, 0.25) is 0 Å². The van der Waals surface area contributed by atoms with E-state index in [1.165, 1.54) is 7.11 Å². The number of ether oxygens (including phenoxy) is 2. The highest BCUT2D eigenvalue weighted by Gasteiger charge is 2.31. The van der Waals surface area contributed by atoms with Crippen molar-refractivity contribution in [2.45, 2.75) is 18.9 Å². The molecule has 1 fully saturated rings. The monoisotopic (exact) mass is 235 g/mol. The van der Waals surface area contributed by atoms with E-state index in [9.17, 15) is 4.79 Å². The number of methoxy groups -OCH3 is 2. The Hall–Kier alpha value is -1.71. The Bertz CT molecular complexity index is 405. The number of esters is 1. The van der Waals surface area contributed by atoms with E-state index < -0.39 is 0 Å². The third-order valence-corrected chi connectivity index (χ3v) is 3.11. The predicted octanol–water partition coefficient (Wildman–Crippen LogP) is 1.84. The van der Waals surface area contributed by atoms with Gasteiger partial charge in [0, 0.05) is 18.3 Å². The minimum absolute atomic E-state index is 0.160. The van der Waals surface area contributed by atoms with Crippen molar-refractivity contribution < 1.29 is 14.3 Å². The molecule has 17 heavy (non-hydrogen) atoms. The zero-order valence-corrected chi connectivity index (χ0v) is 10.2. The molecule has 1 aliphatic rings. The van der Waals surface area contributed by atoms with Crippen LogP contribution in [-0.4, -0.2) is 32.8 Å². The molecule has 1 heterocycles. The third-order valence-electron chi connectivity index (χ3n) is 3.11. The minimum Gasteiger partial charge on any atom is -0.497 e. The van der Waals surface area contributed by atoms with E-state index in [0.717, 1.165) is 30.8 Å². The molecule has 0 spiro atoms. The van der Waals surface area contributed by atoms with Crippen LogP contribution < -0.4 is 9.64 Å². The number of anilines is 1. The van der Waals surface area contributed by atoms with E-state index in [2.05, 4.69) is 4.90 Å². The molecule has 0 amide bonds. The van der Waals surface area contributed by atoms with Crippen LogP contribution in [0.4, 0.5) is 5.69 Å². The van der Waals surface area contributed by atoms with Gasteiger partial charge in [0.25, 0.3) is 0 Å². The summed E-state index contributed by atoms with van der Waals surface area (Å²) >= 11 is 0. The molecular weight excluding hydrogens is 218 g/mol. The van der Waals surface area contributed by atoms with Crippen LogP contribution in [0.1, 0.15) is 12.8 Å². The lowest BCUT2D eigenvalue weighted by Gasteiger charge is -2.25. The first-order chi connectivity index (χ1) is 8.26. The molecular formula is C13H17NO3. The maximum absolute atomic E-state index is 11.7. The smallest absolute Gasteiger partial charge is 0.328 e. The molecule has 0 radical (unpaired) electrons. The maximum atomic E-state index is 11.7. The van der Waals surface area contributed by atoms with Crippen molar-refractivity contribution in [3.63, 3.8) is 0 Å². The summed E-state index contributed by atoms with van der Waals surface area (Å²) in [7, 11) is 3.07. The van der Waals surface area contributed by atoms with Gasteiger partial charge in [0.15, 0.2) is 0 Å². The number of hydrogen-bond donors (Lipinski definition) is 0. The summed E-state index contributed by atoms with van der Waals surface area (Å²) < 4.78 is 10.0. The van der Waals surface area contributed by atoms with E-state index in [1.807, 2.05) is 24.3 Å². The van der Waals surface area contributed by atoms with Crippen LogP contribution in [0.3, 0.4) is 0 Å². The van der Waals surface area contributed by atoms with E-state index in [1.54, 1.807) is 7.11 Å². The number of rotatable bonds is 3. The van der Waals surface area contributed by atoms with Crippen LogP contribution in [0.2, 0.25) is 0 Å². The molecule has 0 bridgehead atoms. The highest BCUT2D eigenvalue weighted by atomic mass is 16.5. The van der Waals surface area contributed by atoms with E-state index in [4.69, 9.17) is 9.47 Å². The van der Waals surface area contributed by atoms with Gasteiger partial charge < -0.3 is 14.4 Å². The Labute approximate surface area is 101 Å². The van der Waals surface area contributed by atoms with Crippen LogP contribution >= 0.6 is 0 Å². The number of hydrogen-bond acceptors (Lipinski definition) is 4. The first-order valence-corrected chi connectivity index (χ1v) is 5.75. The molecule has 0 saturated carbocycles. The molecule has 1 saturated heterocycles. The van der Waals surface area contributed by atoms with Crippen molar-refractivity contribution in [1.82, 2.24) is 0 Å². The van der Waals surface area contributed by atoms with Crippen molar-refractivity contribution in [1.29, 1.82) is 0 Å². The zero-order chi connectivity index (χ0) is 12.3. The quantitative estimate of drug-likeness (QED) is 0.749. The molecule has 4 heteroatoms. The number of nitrogens with zero attached hydrogens (tertiary/aromatic N) is 1. The molecule has 1 aromatic rings. The maximum Gasteiger partial charge on any atom is 0.328 e. The fourth-order valence-corrected chi connectivity index (χ4v) is 2.25. The number of benzene rings is 1. The van der Waals surface area contributed by atoms with Gasteiger partial charge in [-0.15, -0.1) is 0 Å². The lowest BCUT2D eigenvalue weighted by Crippen LogP contribution is -2.36. The first kappa shape index (κ1) is 11.8. The van der Waals surface area contributed by atoms with Gasteiger partial charge in [-0.3, -0.25) is 0 Å². The van der Waals surface area contributed by atoms with Crippen molar-refractivity contribution >= 4 is 11.7 Å². The van der Waals surface area contributed by atoms with E-state index >= 15 is 0 Å². The average Bonchev–Trinajstić information content (AvgIpc) is 2.87. The summed E-state index contributed by atoms with van der Waals surface area (Å²) in [4.78, 5) is 13.7. The van der Waals surface area contributed by atoms with Crippen molar-refractivity contribution in [2.75, 3.05) is 25.7 Å². The highest BCUT2D eigenvalue weighted by Crippen LogP contribution is 2.28. The normalized spacial score (nSPS) is 19.2. The van der Waals surface area contributed by atoms with Crippen LogP contribution in [0.15, 0.2) is 24.3 Å². The average molecular weight is 235 g/mol. The Morgan fingerprint density at radius 3 is 2.94 bits per heavy atom. The summed E-state index contributed by atoms with van der Waals surface area (Å²) in [5.74, 6) is 0.642. The summed E-state index contributed by atoms with van der Waals surface area (Å²) in [5.41, 5.74) is 1.01. The standard InChI is InChI=1S/C13H17NO3/c1-16-11-6-3-5-10(9-11)14-8-4-7-12(14)13(15)17-2/h3,5-6,9,12H,4,7-8H2,1-2H3. The lowest BCUT2D eigenvalue weighted by molar-refractivity contribution is -0.141. The first-order valence-electron chi connectivity index (χ1n) is 5.75. The lowest BCUT2D eigenvalue weighted by atomic mass is 10.2. The Morgan fingerprint density at radius 2 is 2.24 bits per heavy atom. The molecule has 0 aromatic heterocycles. The van der Waals surface area contributed by atoms with Gasteiger partial charge in [0.05, 0.1) is 14.2 Å². The minimum atomic E-state index is -0.162.